The first kappa shape index (κ1) is 34.8. The summed E-state index contributed by atoms with van der Waals surface area (Å²) >= 11 is 0. The minimum atomic E-state index is -0.905. The van der Waals surface area contributed by atoms with Crippen molar-refractivity contribution in [1.29, 1.82) is 0 Å². The zero-order valence-electron chi connectivity index (χ0n) is 28.4. The molecule has 0 radical (unpaired) electrons. The van der Waals surface area contributed by atoms with Crippen molar-refractivity contribution in [1.82, 2.24) is 5.32 Å². The Kier molecular flexibility index (Phi) is 10.7. The predicted octanol–water partition coefficient (Wildman–Crippen LogP) is 9.11. The molecule has 0 heterocycles. The van der Waals surface area contributed by atoms with Crippen LogP contribution in [0.15, 0.2) is 60.7 Å². The fourth-order valence-electron chi connectivity index (χ4n) is 5.78. The average Bonchev–Trinajstić information content (AvgIpc) is 3.77. The molecule has 2 N–H and O–H groups in total. The lowest BCUT2D eigenvalue weighted by Crippen LogP contribution is -2.34. The number of amides is 1. The van der Waals surface area contributed by atoms with Gasteiger partial charge in [-0.15, -0.1) is 0 Å². The van der Waals surface area contributed by atoms with Gasteiger partial charge in [-0.25, -0.2) is 9.18 Å². The molecule has 3 aromatic rings. The van der Waals surface area contributed by atoms with Crippen LogP contribution in [-0.2, 0) is 16.1 Å². The lowest BCUT2D eigenvalue weighted by atomic mass is 9.76. The number of benzene rings is 3. The number of hydrogen-bond donors (Lipinski definition) is 2. The number of carboxylic acid groups (broad SMARTS) is 1. The van der Waals surface area contributed by atoms with Crippen molar-refractivity contribution in [3.05, 3.63) is 83.2 Å². The molecule has 248 valence electrons. The van der Waals surface area contributed by atoms with Crippen molar-refractivity contribution in [2.75, 3.05) is 18.0 Å². The van der Waals surface area contributed by atoms with Crippen LogP contribution in [-0.4, -0.2) is 35.9 Å². The summed E-state index contributed by atoms with van der Waals surface area (Å²) in [6.07, 6.45) is 1.81. The Morgan fingerprint density at radius 2 is 1.67 bits per heavy atom. The maximum atomic E-state index is 16.3. The van der Waals surface area contributed by atoms with Gasteiger partial charge in [-0.05, 0) is 94.2 Å². The number of halogens is 1. The van der Waals surface area contributed by atoms with E-state index < -0.39 is 40.9 Å². The Morgan fingerprint density at radius 3 is 2.28 bits per heavy atom. The van der Waals surface area contributed by atoms with Crippen LogP contribution in [0.3, 0.4) is 0 Å². The molecule has 2 atom stereocenters. The molecule has 7 nitrogen and oxygen atoms in total. The van der Waals surface area contributed by atoms with Crippen LogP contribution in [0.4, 0.5) is 14.9 Å². The van der Waals surface area contributed by atoms with E-state index in [4.69, 9.17) is 9.47 Å². The molecule has 0 bridgehead atoms. The number of carboxylic acids is 1. The maximum Gasteiger partial charge on any atom is 0.408 e. The number of para-hydroxylation sites is 1. The zero-order chi connectivity index (χ0) is 33.8. The Morgan fingerprint density at radius 1 is 1.00 bits per heavy atom. The largest absolute Gasteiger partial charge is 0.489 e. The van der Waals surface area contributed by atoms with Gasteiger partial charge in [-0.1, -0.05) is 57.2 Å². The predicted molar refractivity (Wildman–Crippen MR) is 181 cm³/mol. The number of carbonyl (C=O) groups excluding carboxylic acids is 1. The number of carbonyl (C=O) groups is 2. The lowest BCUT2D eigenvalue weighted by Gasteiger charge is -2.29. The quantitative estimate of drug-likeness (QED) is 0.207. The van der Waals surface area contributed by atoms with Crippen LogP contribution >= 0.6 is 0 Å². The van der Waals surface area contributed by atoms with E-state index in [2.05, 4.69) is 23.2 Å². The van der Waals surface area contributed by atoms with E-state index in [1.54, 1.807) is 52.0 Å². The van der Waals surface area contributed by atoms with E-state index in [1.807, 2.05) is 51.1 Å². The summed E-state index contributed by atoms with van der Waals surface area (Å²) in [6, 6.07) is 17.9. The molecule has 0 saturated heterocycles. The van der Waals surface area contributed by atoms with Crippen molar-refractivity contribution >= 4 is 17.7 Å². The first-order chi connectivity index (χ1) is 21.6. The Bertz CT molecular complexity index is 1540. The molecule has 8 heteroatoms. The van der Waals surface area contributed by atoms with E-state index in [0.29, 0.717) is 33.9 Å². The molecule has 0 aromatic heterocycles. The molecule has 4 rings (SSSR count). The second-order valence-corrected chi connectivity index (χ2v) is 14.4. The highest BCUT2D eigenvalue weighted by atomic mass is 19.1. The van der Waals surface area contributed by atoms with Gasteiger partial charge < -0.3 is 24.8 Å². The minimum absolute atomic E-state index is 0.174. The molecule has 1 fully saturated rings. The fourth-order valence-corrected chi connectivity index (χ4v) is 5.78. The molecular weight excluding hydrogens is 583 g/mol. The summed E-state index contributed by atoms with van der Waals surface area (Å²) in [5.41, 5.74) is 2.70. The molecule has 0 aliphatic heterocycles. The molecule has 1 aliphatic rings. The number of rotatable bonds is 12. The summed E-state index contributed by atoms with van der Waals surface area (Å²) in [5.74, 6) is -0.914. The summed E-state index contributed by atoms with van der Waals surface area (Å²) in [7, 11) is 0. The standard InChI is InChI=1S/C38H49FN2O5/c1-9-41(22-25-17-18-25)28-20-26(23-45-32-16-11-10-13-31(32)33(35(42)43)37(3,4)5)19-27(21-28)30-15-12-14-29(34(30)39)24(2)40-36(44)46-38(6,7)8/h10-16,19-21,24-25,33H,9,17-18,22-23H2,1-8H3,(H,40,44)(H,42,43)/t24?,33-/m1/s1. The second-order valence-electron chi connectivity index (χ2n) is 14.4. The number of anilines is 1. The molecule has 46 heavy (non-hydrogen) atoms. The van der Waals surface area contributed by atoms with Gasteiger partial charge in [0.25, 0.3) is 0 Å². The van der Waals surface area contributed by atoms with E-state index in [9.17, 15) is 14.7 Å². The summed E-state index contributed by atoms with van der Waals surface area (Å²) in [4.78, 5) is 27.1. The number of hydrogen-bond acceptors (Lipinski definition) is 5. The highest BCUT2D eigenvalue weighted by Crippen LogP contribution is 2.40. The van der Waals surface area contributed by atoms with Crippen molar-refractivity contribution in [2.24, 2.45) is 11.3 Å². The number of nitrogens with zero attached hydrogens (tertiary/aromatic N) is 1. The van der Waals surface area contributed by atoms with Gasteiger partial charge in [0, 0.05) is 35.5 Å². The molecular formula is C38H49FN2O5. The summed E-state index contributed by atoms with van der Waals surface area (Å²) < 4.78 is 28.0. The maximum absolute atomic E-state index is 16.3. The SMILES string of the molecule is CCN(CC1CC1)c1cc(COc2ccccc2[C@H](C(=O)O)C(C)(C)C)cc(-c2cccc(C(C)NC(=O)OC(C)(C)C)c2F)c1. The molecule has 3 aromatic carbocycles. The number of alkyl carbamates (subject to hydrolysis) is 1. The van der Waals surface area contributed by atoms with E-state index in [1.165, 1.54) is 12.8 Å². The van der Waals surface area contributed by atoms with Crippen LogP contribution < -0.4 is 15.0 Å². The number of nitrogens with one attached hydrogen (secondary N) is 1. The lowest BCUT2D eigenvalue weighted by molar-refractivity contribution is -0.141. The van der Waals surface area contributed by atoms with Gasteiger partial charge >= 0.3 is 12.1 Å². The summed E-state index contributed by atoms with van der Waals surface area (Å²) in [5, 5.41) is 12.8. The van der Waals surface area contributed by atoms with Gasteiger partial charge in [0.2, 0.25) is 0 Å². The highest BCUT2D eigenvalue weighted by molar-refractivity contribution is 5.78. The molecule has 0 spiro atoms. The third-order valence-electron chi connectivity index (χ3n) is 8.18. The first-order valence-electron chi connectivity index (χ1n) is 16.2. The van der Waals surface area contributed by atoms with Crippen molar-refractivity contribution in [3.8, 4) is 16.9 Å². The van der Waals surface area contributed by atoms with E-state index >= 15 is 4.39 Å². The Balaban J connectivity index is 1.70. The smallest absolute Gasteiger partial charge is 0.408 e. The van der Waals surface area contributed by atoms with Crippen LogP contribution in [0, 0.1) is 17.2 Å². The Labute approximate surface area is 273 Å². The second kappa shape index (κ2) is 14.1. The van der Waals surface area contributed by atoms with Gasteiger partial charge in [0.1, 0.15) is 23.8 Å². The van der Waals surface area contributed by atoms with Crippen molar-refractivity contribution < 1.29 is 28.6 Å². The number of ether oxygens (including phenoxy) is 2. The molecule has 1 unspecified atom stereocenters. The van der Waals surface area contributed by atoms with Crippen LogP contribution in [0.25, 0.3) is 11.1 Å². The molecule has 1 aliphatic carbocycles. The summed E-state index contributed by atoms with van der Waals surface area (Å²) in [6.45, 7) is 16.8. The normalized spacial score (nSPS) is 14.7. The highest BCUT2D eigenvalue weighted by Gasteiger charge is 2.35. The van der Waals surface area contributed by atoms with Gasteiger partial charge in [-0.2, -0.15) is 0 Å². The van der Waals surface area contributed by atoms with Gasteiger partial charge in [0.05, 0.1) is 12.0 Å². The topological polar surface area (TPSA) is 88.1 Å². The fraction of sp³-hybridized carbons (Fsp3) is 0.474. The van der Waals surface area contributed by atoms with E-state index in [0.717, 1.165) is 24.3 Å². The third-order valence-corrected chi connectivity index (χ3v) is 8.18. The van der Waals surface area contributed by atoms with Gasteiger partial charge in [0.15, 0.2) is 0 Å². The van der Waals surface area contributed by atoms with Crippen LogP contribution in [0.5, 0.6) is 5.75 Å². The third kappa shape index (κ3) is 9.02. The minimum Gasteiger partial charge on any atom is -0.489 e. The van der Waals surface area contributed by atoms with Crippen LogP contribution in [0.1, 0.15) is 96.9 Å². The monoisotopic (exact) mass is 632 g/mol. The number of aliphatic carboxylic acids is 1. The van der Waals surface area contributed by atoms with Crippen molar-refractivity contribution in [2.45, 2.75) is 92.4 Å². The average molecular weight is 633 g/mol. The molecule has 1 saturated carbocycles. The van der Waals surface area contributed by atoms with Gasteiger partial charge in [-0.3, -0.25) is 4.79 Å². The zero-order valence-corrected chi connectivity index (χ0v) is 28.4. The first-order valence-corrected chi connectivity index (χ1v) is 16.2. The van der Waals surface area contributed by atoms with Crippen molar-refractivity contribution in [3.63, 3.8) is 0 Å². The van der Waals surface area contributed by atoms with E-state index in [-0.39, 0.29) is 6.61 Å². The van der Waals surface area contributed by atoms with Crippen LogP contribution in [0.2, 0.25) is 0 Å². The molecule has 1 amide bonds. The Hall–Kier alpha value is -4.07.